The highest BCUT2D eigenvalue weighted by molar-refractivity contribution is 7.18. The van der Waals surface area contributed by atoms with Crippen molar-refractivity contribution in [3.05, 3.63) is 28.7 Å². The summed E-state index contributed by atoms with van der Waals surface area (Å²) in [7, 11) is 0. The first kappa shape index (κ1) is 11.7. The number of thiophene rings is 1. The number of ether oxygens (including phenoxy) is 1. The number of fused-ring (bicyclic) bond motifs is 1. The molecule has 17 heavy (non-hydrogen) atoms. The number of carbonyl (C=O) groups is 2. The van der Waals surface area contributed by atoms with Crippen LogP contribution in [0.5, 0.6) is 0 Å². The smallest absolute Gasteiger partial charge is 0.348 e. The molecule has 0 aromatic carbocycles. The first-order chi connectivity index (χ1) is 8.22. The van der Waals surface area contributed by atoms with Gasteiger partial charge in [-0.3, -0.25) is 4.79 Å². The summed E-state index contributed by atoms with van der Waals surface area (Å²) >= 11 is 1.23. The van der Waals surface area contributed by atoms with Crippen LogP contribution in [0.1, 0.15) is 27.0 Å². The maximum atomic E-state index is 11.6. The Morgan fingerprint density at radius 1 is 1.59 bits per heavy atom. The van der Waals surface area contributed by atoms with Crippen LogP contribution in [0.4, 0.5) is 5.00 Å². The second-order valence-corrected chi connectivity index (χ2v) is 4.43. The molecule has 0 unspecified atom stereocenters. The number of hydrogen-bond donors (Lipinski definition) is 2. The normalized spacial score (nSPS) is 14.1. The third-order valence-corrected chi connectivity index (χ3v) is 3.29. The third kappa shape index (κ3) is 2.47. The Labute approximate surface area is 102 Å². The predicted molar refractivity (Wildman–Crippen MR) is 65.4 cm³/mol. The standard InChI is InChI=1S/C11H12N2O3S/c1-2-3-4-16-11(15)8-5-7-9(14)12-6-13-10(7)17-8/h2-3,5,13H,4,6H2,1H3,(H,12,14). The number of rotatable bonds is 3. The van der Waals surface area contributed by atoms with E-state index in [0.717, 1.165) is 0 Å². The predicted octanol–water partition coefficient (Wildman–Crippen LogP) is 1.59. The molecular weight excluding hydrogens is 240 g/mol. The summed E-state index contributed by atoms with van der Waals surface area (Å²) < 4.78 is 5.01. The Balaban J connectivity index is 2.12. The van der Waals surface area contributed by atoms with E-state index in [1.807, 2.05) is 13.0 Å². The van der Waals surface area contributed by atoms with Crippen molar-refractivity contribution in [2.45, 2.75) is 6.92 Å². The van der Waals surface area contributed by atoms with Crippen LogP contribution in [0, 0.1) is 0 Å². The molecule has 2 heterocycles. The van der Waals surface area contributed by atoms with Gasteiger partial charge in [0, 0.05) is 0 Å². The topological polar surface area (TPSA) is 67.4 Å². The number of nitrogens with one attached hydrogen (secondary N) is 2. The van der Waals surface area contributed by atoms with Crippen molar-refractivity contribution < 1.29 is 14.3 Å². The molecule has 1 amide bonds. The average Bonchev–Trinajstić information content (AvgIpc) is 2.75. The van der Waals surface area contributed by atoms with E-state index in [2.05, 4.69) is 10.6 Å². The van der Waals surface area contributed by atoms with E-state index in [1.54, 1.807) is 12.1 Å². The van der Waals surface area contributed by atoms with Gasteiger partial charge in [0.05, 0.1) is 12.2 Å². The Kier molecular flexibility index (Phi) is 3.43. The lowest BCUT2D eigenvalue weighted by molar-refractivity contribution is 0.0555. The van der Waals surface area contributed by atoms with E-state index in [0.29, 0.717) is 22.1 Å². The van der Waals surface area contributed by atoms with Gasteiger partial charge in [-0.15, -0.1) is 11.3 Å². The minimum atomic E-state index is -0.405. The van der Waals surface area contributed by atoms with E-state index in [1.165, 1.54) is 11.3 Å². The highest BCUT2D eigenvalue weighted by Crippen LogP contribution is 2.29. The number of hydrogen-bond acceptors (Lipinski definition) is 5. The molecule has 2 N–H and O–H groups in total. The lowest BCUT2D eigenvalue weighted by Crippen LogP contribution is -2.33. The van der Waals surface area contributed by atoms with E-state index >= 15 is 0 Å². The van der Waals surface area contributed by atoms with E-state index in [-0.39, 0.29) is 12.5 Å². The SMILES string of the molecule is CC=CCOC(=O)c1cc2c(s1)NCNC2=O. The first-order valence-corrected chi connectivity index (χ1v) is 5.98. The van der Waals surface area contributed by atoms with E-state index in [9.17, 15) is 9.59 Å². The summed E-state index contributed by atoms with van der Waals surface area (Å²) in [5, 5.41) is 6.35. The van der Waals surface area contributed by atoms with Crippen LogP contribution < -0.4 is 10.6 Å². The lowest BCUT2D eigenvalue weighted by atomic mass is 10.2. The Morgan fingerprint density at radius 2 is 2.41 bits per heavy atom. The van der Waals surface area contributed by atoms with Crippen molar-refractivity contribution >= 4 is 28.2 Å². The zero-order valence-corrected chi connectivity index (χ0v) is 10.1. The molecule has 0 bridgehead atoms. The van der Waals surface area contributed by atoms with Gasteiger partial charge in [0.15, 0.2) is 0 Å². The Morgan fingerprint density at radius 3 is 3.12 bits per heavy atom. The highest BCUT2D eigenvalue weighted by atomic mass is 32.1. The molecule has 1 aliphatic rings. The van der Waals surface area contributed by atoms with Crippen LogP contribution in [-0.2, 0) is 4.74 Å². The molecule has 0 saturated carbocycles. The van der Waals surface area contributed by atoms with Gasteiger partial charge in [-0.2, -0.15) is 0 Å². The fourth-order valence-electron chi connectivity index (χ4n) is 1.38. The lowest BCUT2D eigenvalue weighted by Gasteiger charge is -2.13. The Bertz CT molecular complexity index is 479. The van der Waals surface area contributed by atoms with Crippen LogP contribution in [0.15, 0.2) is 18.2 Å². The molecule has 1 aliphatic heterocycles. The maximum Gasteiger partial charge on any atom is 0.348 e. The van der Waals surface area contributed by atoms with Crippen LogP contribution in [0.2, 0.25) is 0 Å². The number of esters is 1. The summed E-state index contributed by atoms with van der Waals surface area (Å²) in [5.41, 5.74) is 0.499. The number of carbonyl (C=O) groups excluding carboxylic acids is 2. The molecular formula is C11H12N2O3S. The fraction of sp³-hybridized carbons (Fsp3) is 0.273. The molecule has 0 saturated heterocycles. The molecule has 0 spiro atoms. The second-order valence-electron chi connectivity index (χ2n) is 3.38. The maximum absolute atomic E-state index is 11.6. The van der Waals surface area contributed by atoms with Gasteiger partial charge < -0.3 is 15.4 Å². The molecule has 6 heteroatoms. The summed E-state index contributed by atoms with van der Waals surface area (Å²) in [6, 6.07) is 1.56. The van der Waals surface area contributed by atoms with Gasteiger partial charge in [0.1, 0.15) is 16.5 Å². The number of allylic oxidation sites excluding steroid dienone is 1. The molecule has 0 radical (unpaired) electrons. The van der Waals surface area contributed by atoms with Crippen LogP contribution in [0.25, 0.3) is 0 Å². The molecule has 90 valence electrons. The monoisotopic (exact) mass is 252 g/mol. The van der Waals surface area contributed by atoms with Gasteiger partial charge in [0.25, 0.3) is 5.91 Å². The van der Waals surface area contributed by atoms with Crippen molar-refractivity contribution in [3.8, 4) is 0 Å². The van der Waals surface area contributed by atoms with Crippen LogP contribution >= 0.6 is 11.3 Å². The van der Waals surface area contributed by atoms with Crippen molar-refractivity contribution in [2.75, 3.05) is 18.6 Å². The summed E-state index contributed by atoms with van der Waals surface area (Å²) in [6.07, 6.45) is 3.55. The Hall–Kier alpha value is -1.82. The minimum Gasteiger partial charge on any atom is -0.457 e. The summed E-state index contributed by atoms with van der Waals surface area (Å²) in [6.45, 7) is 2.49. The van der Waals surface area contributed by atoms with Crippen molar-refractivity contribution in [3.63, 3.8) is 0 Å². The van der Waals surface area contributed by atoms with Gasteiger partial charge >= 0.3 is 5.97 Å². The number of anilines is 1. The van der Waals surface area contributed by atoms with Gasteiger partial charge in [-0.25, -0.2) is 4.79 Å². The molecule has 1 aromatic heterocycles. The molecule has 0 atom stereocenters. The summed E-state index contributed by atoms with van der Waals surface area (Å²) in [5.74, 6) is -0.570. The van der Waals surface area contributed by atoms with Crippen LogP contribution in [-0.4, -0.2) is 25.2 Å². The minimum absolute atomic E-state index is 0.164. The molecule has 1 aromatic rings. The molecule has 5 nitrogen and oxygen atoms in total. The van der Waals surface area contributed by atoms with Crippen molar-refractivity contribution in [2.24, 2.45) is 0 Å². The zero-order valence-electron chi connectivity index (χ0n) is 9.28. The number of amides is 1. The summed E-state index contributed by atoms with van der Waals surface area (Å²) in [4.78, 5) is 23.5. The fourth-order valence-corrected chi connectivity index (χ4v) is 2.33. The average molecular weight is 252 g/mol. The van der Waals surface area contributed by atoms with Crippen LogP contribution in [0.3, 0.4) is 0 Å². The molecule has 0 fully saturated rings. The molecule has 0 aliphatic carbocycles. The zero-order chi connectivity index (χ0) is 12.3. The third-order valence-electron chi connectivity index (χ3n) is 2.22. The molecule has 2 rings (SSSR count). The van der Waals surface area contributed by atoms with E-state index in [4.69, 9.17) is 4.74 Å². The quantitative estimate of drug-likeness (QED) is 0.633. The van der Waals surface area contributed by atoms with Crippen molar-refractivity contribution in [1.29, 1.82) is 0 Å². The van der Waals surface area contributed by atoms with Gasteiger partial charge in [-0.1, -0.05) is 12.2 Å². The highest BCUT2D eigenvalue weighted by Gasteiger charge is 2.22. The van der Waals surface area contributed by atoms with Gasteiger partial charge in [-0.05, 0) is 13.0 Å². The van der Waals surface area contributed by atoms with E-state index < -0.39 is 5.97 Å². The van der Waals surface area contributed by atoms with Gasteiger partial charge in [0.2, 0.25) is 0 Å². The second kappa shape index (κ2) is 5.01. The van der Waals surface area contributed by atoms with Crippen molar-refractivity contribution in [1.82, 2.24) is 5.32 Å². The first-order valence-electron chi connectivity index (χ1n) is 5.16. The largest absolute Gasteiger partial charge is 0.457 e.